The van der Waals surface area contributed by atoms with E-state index in [1.54, 1.807) is 24.3 Å². The molecule has 0 aromatic heterocycles. The fraction of sp³-hybridized carbons (Fsp3) is 0.458. The molecule has 1 aliphatic rings. The Morgan fingerprint density at radius 1 is 0.811 bits per heavy atom. The topological polar surface area (TPSA) is 150 Å². The molecule has 0 saturated carbocycles. The summed E-state index contributed by atoms with van der Waals surface area (Å²) in [6.07, 6.45) is -5.77. The summed E-state index contributed by atoms with van der Waals surface area (Å²) in [7, 11) is 1.13. The predicted molar refractivity (Wildman–Crippen MR) is 127 cm³/mol. The summed E-state index contributed by atoms with van der Waals surface area (Å²) >= 11 is 3.32. The zero-order valence-electron chi connectivity index (χ0n) is 20.8. The average Bonchev–Trinajstić information content (AvgIpc) is 2.81. The molecule has 1 saturated heterocycles. The van der Waals surface area contributed by atoms with Gasteiger partial charge in [0.1, 0.15) is 12.7 Å². The van der Waals surface area contributed by atoms with Gasteiger partial charge in [-0.1, -0.05) is 28.1 Å². The molecular formula is C24H27BrO12. The van der Waals surface area contributed by atoms with E-state index in [1.807, 2.05) is 0 Å². The largest absolute Gasteiger partial charge is 0.463 e. The minimum absolute atomic E-state index is 0.342. The van der Waals surface area contributed by atoms with Gasteiger partial charge in [0.25, 0.3) is 0 Å². The molecule has 202 valence electrons. The summed E-state index contributed by atoms with van der Waals surface area (Å²) in [5, 5.41) is 0. The molecule has 1 aromatic rings. The van der Waals surface area contributed by atoms with Crippen LogP contribution in [-0.2, 0) is 57.1 Å². The van der Waals surface area contributed by atoms with Gasteiger partial charge in [-0.3, -0.25) is 19.2 Å². The van der Waals surface area contributed by atoms with Crippen LogP contribution in [0.3, 0.4) is 0 Å². The van der Waals surface area contributed by atoms with Gasteiger partial charge in [0.15, 0.2) is 12.2 Å². The molecule has 5 atom stereocenters. The van der Waals surface area contributed by atoms with Gasteiger partial charge in [-0.05, 0) is 23.8 Å². The predicted octanol–water partition coefficient (Wildman–Crippen LogP) is 2.06. The maximum atomic E-state index is 12.5. The Labute approximate surface area is 221 Å². The van der Waals surface area contributed by atoms with Crippen LogP contribution in [0.5, 0.6) is 0 Å². The van der Waals surface area contributed by atoms with E-state index < -0.39 is 67.2 Å². The Morgan fingerprint density at radius 3 is 1.86 bits per heavy atom. The van der Waals surface area contributed by atoms with Crippen LogP contribution in [0.15, 0.2) is 34.5 Å². The van der Waals surface area contributed by atoms with Gasteiger partial charge >= 0.3 is 29.8 Å². The Balaban J connectivity index is 2.55. The molecule has 0 aliphatic carbocycles. The van der Waals surface area contributed by atoms with Crippen molar-refractivity contribution in [3.05, 3.63) is 40.1 Å². The highest BCUT2D eigenvalue weighted by atomic mass is 79.9. The second-order valence-electron chi connectivity index (χ2n) is 7.74. The highest BCUT2D eigenvalue weighted by Gasteiger charge is 2.53. The summed E-state index contributed by atoms with van der Waals surface area (Å²) in [5.41, 5.74) is 0.550. The molecule has 0 radical (unpaired) electrons. The lowest BCUT2D eigenvalue weighted by molar-refractivity contribution is -0.299. The van der Waals surface area contributed by atoms with Crippen molar-refractivity contribution < 1.29 is 57.1 Å². The molecule has 0 N–H and O–H groups in total. The van der Waals surface area contributed by atoms with E-state index in [-0.39, 0.29) is 5.76 Å². The number of hydrogen-bond donors (Lipinski definition) is 0. The molecule has 1 aliphatic heterocycles. The second-order valence-corrected chi connectivity index (χ2v) is 8.65. The van der Waals surface area contributed by atoms with Gasteiger partial charge in [-0.15, -0.1) is 0 Å². The molecular weight excluding hydrogens is 560 g/mol. The van der Waals surface area contributed by atoms with E-state index in [9.17, 15) is 24.0 Å². The first-order chi connectivity index (χ1) is 17.4. The Bertz CT molecular complexity index is 1030. The number of rotatable bonds is 9. The van der Waals surface area contributed by atoms with Crippen molar-refractivity contribution >= 4 is 51.9 Å². The van der Waals surface area contributed by atoms with Crippen LogP contribution in [0.4, 0.5) is 0 Å². The van der Waals surface area contributed by atoms with E-state index in [0.29, 0.717) is 5.56 Å². The van der Waals surface area contributed by atoms with Gasteiger partial charge in [0, 0.05) is 32.2 Å². The van der Waals surface area contributed by atoms with Gasteiger partial charge in [-0.25, -0.2) is 4.79 Å². The molecule has 1 aromatic carbocycles. The minimum atomic E-state index is -1.58. The third kappa shape index (κ3) is 9.17. The lowest BCUT2D eigenvalue weighted by atomic mass is 9.98. The van der Waals surface area contributed by atoms with Gasteiger partial charge in [0.2, 0.25) is 18.2 Å². The van der Waals surface area contributed by atoms with E-state index >= 15 is 0 Å². The van der Waals surface area contributed by atoms with Crippen molar-refractivity contribution in [3.8, 4) is 0 Å². The van der Waals surface area contributed by atoms with Gasteiger partial charge in [0.05, 0.1) is 7.11 Å². The molecule has 0 amide bonds. The summed E-state index contributed by atoms with van der Waals surface area (Å²) in [6.45, 7) is 4.00. The van der Waals surface area contributed by atoms with Gasteiger partial charge < -0.3 is 33.2 Å². The smallest absolute Gasteiger partial charge is 0.373 e. The third-order valence-corrected chi connectivity index (χ3v) is 5.27. The standard InChI is InChI=1S/C24H27BrO12/c1-12(26)32-11-19-20(33-13(2)27)21(34-14(3)28)22(35-15(4)29)24(37-19)36-18(23(30)31-5)10-16-6-8-17(25)9-7-16/h6-10,19-22,24H,11H2,1-5H3/b18-10-/t19-,20+,21+,22-,24-/m0/s1. The van der Waals surface area contributed by atoms with E-state index in [4.69, 9.17) is 33.2 Å². The molecule has 1 heterocycles. The second kappa shape index (κ2) is 13.7. The Morgan fingerprint density at radius 2 is 1.35 bits per heavy atom. The fourth-order valence-corrected chi connectivity index (χ4v) is 3.63. The molecule has 13 heteroatoms. The fourth-order valence-electron chi connectivity index (χ4n) is 3.36. The highest BCUT2D eigenvalue weighted by Crippen LogP contribution is 2.31. The number of methoxy groups -OCH3 is 1. The highest BCUT2D eigenvalue weighted by molar-refractivity contribution is 9.10. The zero-order valence-corrected chi connectivity index (χ0v) is 22.3. The Hall–Kier alpha value is -3.45. The molecule has 12 nitrogen and oxygen atoms in total. The maximum Gasteiger partial charge on any atom is 0.373 e. The number of halogens is 1. The van der Waals surface area contributed by atoms with Crippen molar-refractivity contribution in [3.63, 3.8) is 0 Å². The van der Waals surface area contributed by atoms with Crippen LogP contribution in [0, 0.1) is 0 Å². The summed E-state index contributed by atoms with van der Waals surface area (Å²) in [4.78, 5) is 59.7. The first-order valence-corrected chi connectivity index (χ1v) is 11.7. The summed E-state index contributed by atoms with van der Waals surface area (Å²) in [5.74, 6) is -4.29. The number of ether oxygens (including phenoxy) is 7. The van der Waals surface area contributed by atoms with Crippen molar-refractivity contribution in [2.45, 2.75) is 58.4 Å². The van der Waals surface area contributed by atoms with Crippen LogP contribution < -0.4 is 0 Å². The van der Waals surface area contributed by atoms with Crippen LogP contribution in [0.25, 0.3) is 6.08 Å². The maximum absolute atomic E-state index is 12.5. The number of esters is 5. The number of hydrogen-bond acceptors (Lipinski definition) is 12. The molecule has 1 fully saturated rings. The van der Waals surface area contributed by atoms with Crippen LogP contribution in [0.2, 0.25) is 0 Å². The lowest BCUT2D eigenvalue weighted by Crippen LogP contribution is -2.63. The monoisotopic (exact) mass is 586 g/mol. The molecule has 0 unspecified atom stereocenters. The van der Waals surface area contributed by atoms with Crippen LogP contribution in [-0.4, -0.2) is 74.3 Å². The quantitative estimate of drug-likeness (QED) is 0.180. The average molecular weight is 587 g/mol. The van der Waals surface area contributed by atoms with Crippen LogP contribution >= 0.6 is 15.9 Å². The molecule has 0 spiro atoms. The normalized spacial score (nSPS) is 23.3. The van der Waals surface area contributed by atoms with Crippen molar-refractivity contribution in [1.82, 2.24) is 0 Å². The molecule has 2 rings (SSSR count). The zero-order chi connectivity index (χ0) is 27.7. The summed E-state index contributed by atoms with van der Waals surface area (Å²) < 4.78 is 38.3. The lowest BCUT2D eigenvalue weighted by Gasteiger charge is -2.43. The van der Waals surface area contributed by atoms with Crippen molar-refractivity contribution in [2.24, 2.45) is 0 Å². The van der Waals surface area contributed by atoms with E-state index in [0.717, 1.165) is 39.3 Å². The Kier molecular flexibility index (Phi) is 11.1. The first-order valence-electron chi connectivity index (χ1n) is 10.9. The number of carbonyl (C=O) groups excluding carboxylic acids is 5. The SMILES string of the molecule is COC(=O)/C(=C/c1ccc(Br)cc1)O[C@H]1O[C@@H](COC(C)=O)[C@@H](OC(C)=O)[C@@H](OC(C)=O)[C@@H]1OC(C)=O. The minimum Gasteiger partial charge on any atom is -0.463 e. The van der Waals surface area contributed by atoms with Crippen molar-refractivity contribution in [2.75, 3.05) is 13.7 Å². The van der Waals surface area contributed by atoms with Gasteiger partial charge in [-0.2, -0.15) is 0 Å². The van der Waals surface area contributed by atoms with E-state index in [2.05, 4.69) is 15.9 Å². The van der Waals surface area contributed by atoms with E-state index in [1.165, 1.54) is 6.08 Å². The molecule has 0 bridgehead atoms. The first kappa shape index (κ1) is 29.8. The summed E-state index contributed by atoms with van der Waals surface area (Å²) in [6, 6.07) is 6.83. The number of benzene rings is 1. The number of carbonyl (C=O) groups is 5. The third-order valence-electron chi connectivity index (χ3n) is 4.75. The van der Waals surface area contributed by atoms with Crippen LogP contribution in [0.1, 0.15) is 33.3 Å². The van der Waals surface area contributed by atoms with Crippen molar-refractivity contribution in [1.29, 1.82) is 0 Å². The molecule has 37 heavy (non-hydrogen) atoms.